The minimum Gasteiger partial charge on any atom is -0.325 e. The van der Waals surface area contributed by atoms with Crippen LogP contribution in [0.15, 0.2) is 34.9 Å². The van der Waals surface area contributed by atoms with Crippen LogP contribution in [0.3, 0.4) is 0 Å². The summed E-state index contributed by atoms with van der Waals surface area (Å²) in [5.74, 6) is 0.881. The number of aromatic nitrogens is 2. The molecule has 1 N–H and O–H groups in total. The molecule has 0 bridgehead atoms. The molecule has 4 heteroatoms. The molecule has 1 heterocycles. The highest BCUT2D eigenvalue weighted by Gasteiger charge is 2.05. The summed E-state index contributed by atoms with van der Waals surface area (Å²) in [6.45, 7) is 5.01. The lowest BCUT2D eigenvalue weighted by molar-refractivity contribution is 0.771. The molecule has 0 unspecified atom stereocenters. The van der Waals surface area contributed by atoms with Gasteiger partial charge in [0.05, 0.1) is 11.4 Å². The third kappa shape index (κ3) is 2.27. The van der Waals surface area contributed by atoms with Gasteiger partial charge in [-0.1, -0.05) is 12.1 Å². The van der Waals surface area contributed by atoms with Crippen molar-refractivity contribution in [3.8, 4) is 0 Å². The van der Waals surface area contributed by atoms with E-state index < -0.39 is 0 Å². The molecule has 2 aromatic rings. The topological polar surface area (TPSA) is 29.9 Å². The molecule has 0 fully saturated rings. The molecule has 0 saturated heterocycles. The summed E-state index contributed by atoms with van der Waals surface area (Å²) in [6, 6.07) is 8.02. The normalized spacial score (nSPS) is 10.4. The lowest BCUT2D eigenvalue weighted by Gasteiger charge is -2.08. The lowest BCUT2D eigenvalue weighted by atomic mass is 10.3. The number of imidazole rings is 1. The lowest BCUT2D eigenvalue weighted by Crippen LogP contribution is -2.01. The molecule has 0 amide bonds. The predicted molar refractivity (Wildman–Crippen MR) is 70.1 cm³/mol. The number of hydrogen-bond donors (Lipinski definition) is 1. The van der Waals surface area contributed by atoms with E-state index in [4.69, 9.17) is 0 Å². The van der Waals surface area contributed by atoms with Crippen molar-refractivity contribution in [3.63, 3.8) is 0 Å². The second-order valence-corrected chi connectivity index (χ2v) is 4.45. The van der Waals surface area contributed by atoms with Crippen LogP contribution in [0.1, 0.15) is 12.6 Å². The van der Waals surface area contributed by atoms with Crippen LogP contribution in [0.5, 0.6) is 0 Å². The summed E-state index contributed by atoms with van der Waals surface area (Å²) >= 11 is 3.51. The molecular weight excluding hydrogens is 266 g/mol. The Balaban J connectivity index is 2.30. The minimum atomic E-state index is 0.881. The van der Waals surface area contributed by atoms with Gasteiger partial charge < -0.3 is 9.88 Å². The van der Waals surface area contributed by atoms with Crippen LogP contribution < -0.4 is 5.32 Å². The molecule has 0 atom stereocenters. The van der Waals surface area contributed by atoms with Crippen LogP contribution >= 0.6 is 15.9 Å². The van der Waals surface area contributed by atoms with Gasteiger partial charge in [0.1, 0.15) is 0 Å². The third-order valence-electron chi connectivity index (χ3n) is 2.36. The first-order valence-corrected chi connectivity index (χ1v) is 6.05. The maximum absolute atomic E-state index is 4.45. The van der Waals surface area contributed by atoms with Gasteiger partial charge in [0.2, 0.25) is 5.95 Å². The van der Waals surface area contributed by atoms with E-state index in [2.05, 4.69) is 37.7 Å². The monoisotopic (exact) mass is 279 g/mol. The summed E-state index contributed by atoms with van der Waals surface area (Å²) in [4.78, 5) is 4.45. The average molecular weight is 280 g/mol. The van der Waals surface area contributed by atoms with E-state index in [-0.39, 0.29) is 0 Å². The maximum Gasteiger partial charge on any atom is 0.207 e. The molecule has 3 nitrogen and oxygen atoms in total. The van der Waals surface area contributed by atoms with Gasteiger partial charge in [-0.05, 0) is 41.9 Å². The Morgan fingerprint density at radius 2 is 2.12 bits per heavy atom. The van der Waals surface area contributed by atoms with E-state index in [0.29, 0.717) is 0 Å². The third-order valence-corrected chi connectivity index (χ3v) is 3.05. The van der Waals surface area contributed by atoms with Crippen LogP contribution in [0.2, 0.25) is 0 Å². The van der Waals surface area contributed by atoms with Crippen molar-refractivity contribution in [2.45, 2.75) is 20.4 Å². The van der Waals surface area contributed by atoms with Gasteiger partial charge in [-0.25, -0.2) is 4.98 Å². The van der Waals surface area contributed by atoms with Crippen molar-refractivity contribution in [2.24, 2.45) is 0 Å². The largest absolute Gasteiger partial charge is 0.325 e. The first kappa shape index (κ1) is 11.2. The zero-order chi connectivity index (χ0) is 11.5. The molecular formula is C12H14BrN3. The van der Waals surface area contributed by atoms with Crippen molar-refractivity contribution >= 4 is 27.6 Å². The average Bonchev–Trinajstić information content (AvgIpc) is 2.62. The molecule has 84 valence electrons. The zero-order valence-corrected chi connectivity index (χ0v) is 11.0. The number of nitrogens with one attached hydrogen (secondary N) is 1. The molecule has 0 spiro atoms. The number of aryl methyl sites for hydroxylation is 2. The first-order valence-electron chi connectivity index (χ1n) is 5.26. The Labute approximate surface area is 104 Å². The first-order chi connectivity index (χ1) is 7.70. The van der Waals surface area contributed by atoms with Gasteiger partial charge in [-0.3, -0.25) is 0 Å². The maximum atomic E-state index is 4.45. The Morgan fingerprint density at radius 1 is 1.38 bits per heavy atom. The van der Waals surface area contributed by atoms with Crippen LogP contribution in [-0.2, 0) is 6.54 Å². The van der Waals surface area contributed by atoms with E-state index in [1.807, 2.05) is 37.4 Å². The molecule has 16 heavy (non-hydrogen) atoms. The highest BCUT2D eigenvalue weighted by molar-refractivity contribution is 9.10. The van der Waals surface area contributed by atoms with E-state index in [1.165, 1.54) is 0 Å². The number of para-hydroxylation sites is 1. The second kappa shape index (κ2) is 4.70. The number of nitrogens with zero attached hydrogens (tertiary/aromatic N) is 2. The number of rotatable bonds is 3. The van der Waals surface area contributed by atoms with Gasteiger partial charge >= 0.3 is 0 Å². The van der Waals surface area contributed by atoms with Gasteiger partial charge in [0.25, 0.3) is 0 Å². The summed E-state index contributed by atoms with van der Waals surface area (Å²) < 4.78 is 3.13. The molecule has 2 rings (SSSR count). The number of halogens is 1. The highest BCUT2D eigenvalue weighted by Crippen LogP contribution is 2.24. The van der Waals surface area contributed by atoms with Crippen molar-refractivity contribution < 1.29 is 0 Å². The molecule has 0 saturated carbocycles. The fraction of sp³-hybridized carbons (Fsp3) is 0.250. The van der Waals surface area contributed by atoms with E-state index in [0.717, 1.165) is 28.3 Å². The quantitative estimate of drug-likeness (QED) is 0.928. The van der Waals surface area contributed by atoms with Crippen molar-refractivity contribution in [1.29, 1.82) is 0 Å². The van der Waals surface area contributed by atoms with E-state index >= 15 is 0 Å². The zero-order valence-electron chi connectivity index (χ0n) is 9.37. The summed E-state index contributed by atoms with van der Waals surface area (Å²) in [7, 11) is 0. The Kier molecular flexibility index (Phi) is 3.29. The number of hydrogen-bond acceptors (Lipinski definition) is 2. The SMILES string of the molecule is CCn1cc(C)nc1Nc1ccccc1Br. The minimum absolute atomic E-state index is 0.881. The smallest absolute Gasteiger partial charge is 0.207 e. The second-order valence-electron chi connectivity index (χ2n) is 3.60. The van der Waals surface area contributed by atoms with Crippen LogP contribution in [-0.4, -0.2) is 9.55 Å². The van der Waals surface area contributed by atoms with Gasteiger partial charge in [0.15, 0.2) is 0 Å². The Morgan fingerprint density at radius 3 is 2.81 bits per heavy atom. The van der Waals surface area contributed by atoms with Crippen LogP contribution in [0.4, 0.5) is 11.6 Å². The molecule has 0 radical (unpaired) electrons. The fourth-order valence-corrected chi connectivity index (χ4v) is 1.95. The fourth-order valence-electron chi connectivity index (χ4n) is 1.57. The van der Waals surface area contributed by atoms with Crippen LogP contribution in [0.25, 0.3) is 0 Å². The number of anilines is 2. The van der Waals surface area contributed by atoms with Gasteiger partial charge in [-0.15, -0.1) is 0 Å². The van der Waals surface area contributed by atoms with Gasteiger partial charge in [0, 0.05) is 17.2 Å². The molecule has 0 aliphatic carbocycles. The molecule has 0 aliphatic rings. The van der Waals surface area contributed by atoms with Crippen molar-refractivity contribution in [2.75, 3.05) is 5.32 Å². The molecule has 0 aliphatic heterocycles. The van der Waals surface area contributed by atoms with Gasteiger partial charge in [-0.2, -0.15) is 0 Å². The Hall–Kier alpha value is -1.29. The predicted octanol–water partition coefficient (Wildman–Crippen LogP) is 3.72. The van der Waals surface area contributed by atoms with E-state index in [9.17, 15) is 0 Å². The number of benzene rings is 1. The van der Waals surface area contributed by atoms with Crippen molar-refractivity contribution in [3.05, 3.63) is 40.6 Å². The van der Waals surface area contributed by atoms with Crippen molar-refractivity contribution in [1.82, 2.24) is 9.55 Å². The Bertz CT molecular complexity index is 491. The van der Waals surface area contributed by atoms with Crippen LogP contribution in [0, 0.1) is 6.92 Å². The summed E-state index contributed by atoms with van der Waals surface area (Å²) in [5, 5.41) is 3.32. The highest BCUT2D eigenvalue weighted by atomic mass is 79.9. The molecule has 1 aromatic heterocycles. The standard InChI is InChI=1S/C12H14BrN3/c1-3-16-8-9(2)14-12(16)15-11-7-5-4-6-10(11)13/h4-8H,3H2,1-2H3,(H,14,15). The molecule has 1 aromatic carbocycles. The summed E-state index contributed by atoms with van der Waals surface area (Å²) in [5.41, 5.74) is 2.05. The van der Waals surface area contributed by atoms with E-state index in [1.54, 1.807) is 0 Å². The summed E-state index contributed by atoms with van der Waals surface area (Å²) in [6.07, 6.45) is 2.04.